The van der Waals surface area contributed by atoms with Gasteiger partial charge in [0, 0.05) is 11.0 Å². The van der Waals surface area contributed by atoms with Crippen LogP contribution in [0.5, 0.6) is 0 Å². The van der Waals surface area contributed by atoms with Crippen LogP contribution in [0.2, 0.25) is 0 Å². The standard InChI is InChI=1S/C15H16N4OS/c1-15(2,3)11-10-12(19-18-11)16-14(21-10)17-13(20)9-7-5-4-6-8-9/h4-8H,1-3H3,(H2,16,17,18,19,20). The molecule has 0 aliphatic heterocycles. The first-order valence-electron chi connectivity index (χ1n) is 6.67. The first-order valence-corrected chi connectivity index (χ1v) is 7.48. The van der Waals surface area contributed by atoms with Crippen molar-refractivity contribution in [1.29, 1.82) is 0 Å². The summed E-state index contributed by atoms with van der Waals surface area (Å²) in [6.45, 7) is 6.34. The van der Waals surface area contributed by atoms with Crippen LogP contribution in [0.1, 0.15) is 36.8 Å². The monoisotopic (exact) mass is 300 g/mol. The molecule has 0 atom stereocenters. The predicted octanol–water partition coefficient (Wildman–Crippen LogP) is 3.57. The van der Waals surface area contributed by atoms with Crippen molar-refractivity contribution in [3.63, 3.8) is 0 Å². The van der Waals surface area contributed by atoms with Crippen molar-refractivity contribution < 1.29 is 4.79 Å². The molecule has 3 aromatic rings. The number of nitrogens with zero attached hydrogens (tertiary/aromatic N) is 2. The van der Waals surface area contributed by atoms with Gasteiger partial charge in [0.05, 0.1) is 10.4 Å². The molecule has 21 heavy (non-hydrogen) atoms. The van der Waals surface area contributed by atoms with Crippen LogP contribution >= 0.6 is 11.3 Å². The van der Waals surface area contributed by atoms with Crippen LogP contribution in [0.3, 0.4) is 0 Å². The number of amides is 1. The molecule has 0 saturated carbocycles. The van der Waals surface area contributed by atoms with Gasteiger partial charge in [-0.15, -0.1) is 0 Å². The van der Waals surface area contributed by atoms with Crippen LogP contribution in [0.15, 0.2) is 30.3 Å². The summed E-state index contributed by atoms with van der Waals surface area (Å²) in [6.07, 6.45) is 0. The van der Waals surface area contributed by atoms with Gasteiger partial charge in [-0.3, -0.25) is 15.2 Å². The van der Waals surface area contributed by atoms with E-state index in [1.165, 1.54) is 11.3 Å². The summed E-state index contributed by atoms with van der Waals surface area (Å²) in [7, 11) is 0. The molecule has 1 amide bonds. The number of benzene rings is 1. The van der Waals surface area contributed by atoms with E-state index in [1.54, 1.807) is 12.1 Å². The van der Waals surface area contributed by atoms with Gasteiger partial charge < -0.3 is 0 Å². The fourth-order valence-electron chi connectivity index (χ4n) is 2.03. The molecular weight excluding hydrogens is 284 g/mol. The topological polar surface area (TPSA) is 70.7 Å². The van der Waals surface area contributed by atoms with Gasteiger partial charge in [-0.2, -0.15) is 10.1 Å². The van der Waals surface area contributed by atoms with Gasteiger partial charge >= 0.3 is 0 Å². The normalized spacial score (nSPS) is 11.8. The summed E-state index contributed by atoms with van der Waals surface area (Å²) in [6, 6.07) is 9.09. The molecule has 0 saturated heterocycles. The quantitative estimate of drug-likeness (QED) is 0.760. The number of carbonyl (C=O) groups excluding carboxylic acids is 1. The van der Waals surface area contributed by atoms with Crippen LogP contribution in [0.25, 0.3) is 10.3 Å². The minimum absolute atomic E-state index is 0.0397. The van der Waals surface area contributed by atoms with Crippen molar-refractivity contribution in [3.8, 4) is 0 Å². The van der Waals surface area contributed by atoms with E-state index in [4.69, 9.17) is 0 Å². The van der Waals surface area contributed by atoms with E-state index >= 15 is 0 Å². The van der Waals surface area contributed by atoms with Gasteiger partial charge in [0.1, 0.15) is 0 Å². The number of nitrogens with one attached hydrogen (secondary N) is 2. The Hall–Kier alpha value is -2.21. The lowest BCUT2D eigenvalue weighted by atomic mass is 9.92. The molecule has 0 unspecified atom stereocenters. The summed E-state index contributed by atoms with van der Waals surface area (Å²) < 4.78 is 0.992. The highest BCUT2D eigenvalue weighted by atomic mass is 32.1. The van der Waals surface area contributed by atoms with Gasteiger partial charge in [-0.05, 0) is 12.1 Å². The molecule has 0 bridgehead atoms. The van der Waals surface area contributed by atoms with Crippen molar-refractivity contribution in [1.82, 2.24) is 15.2 Å². The highest BCUT2D eigenvalue weighted by Crippen LogP contribution is 2.33. The number of anilines is 1. The zero-order valence-corrected chi connectivity index (χ0v) is 12.9. The third kappa shape index (κ3) is 2.67. The number of rotatable bonds is 2. The molecule has 6 heteroatoms. The van der Waals surface area contributed by atoms with E-state index in [1.807, 2.05) is 18.2 Å². The molecule has 108 valence electrons. The van der Waals surface area contributed by atoms with Crippen LogP contribution < -0.4 is 5.32 Å². The largest absolute Gasteiger partial charge is 0.298 e. The molecule has 0 fully saturated rings. The second-order valence-electron chi connectivity index (χ2n) is 5.84. The number of hydrogen-bond donors (Lipinski definition) is 2. The number of aromatic amines is 1. The van der Waals surface area contributed by atoms with Gasteiger partial charge in [-0.25, -0.2) is 0 Å². The van der Waals surface area contributed by atoms with Crippen molar-refractivity contribution >= 4 is 32.7 Å². The minimum atomic E-state index is -0.159. The van der Waals surface area contributed by atoms with E-state index in [0.717, 1.165) is 10.4 Å². The number of hydrogen-bond acceptors (Lipinski definition) is 4. The zero-order valence-electron chi connectivity index (χ0n) is 12.1. The van der Waals surface area contributed by atoms with E-state index < -0.39 is 0 Å². The lowest BCUT2D eigenvalue weighted by Gasteiger charge is -2.15. The molecule has 1 aromatic carbocycles. The Labute approximate surface area is 126 Å². The first-order chi connectivity index (χ1) is 9.95. The van der Waals surface area contributed by atoms with Crippen molar-refractivity contribution in [3.05, 3.63) is 41.6 Å². The Morgan fingerprint density at radius 2 is 1.95 bits per heavy atom. The highest BCUT2D eigenvalue weighted by molar-refractivity contribution is 7.22. The summed E-state index contributed by atoms with van der Waals surface area (Å²) in [5.41, 5.74) is 2.26. The predicted molar refractivity (Wildman–Crippen MR) is 84.9 cm³/mol. The average molecular weight is 300 g/mol. The summed E-state index contributed by atoms with van der Waals surface area (Å²) in [5, 5.41) is 10.6. The molecule has 3 rings (SSSR count). The van der Waals surface area contributed by atoms with Crippen molar-refractivity contribution in [2.45, 2.75) is 26.2 Å². The smallest absolute Gasteiger partial charge is 0.257 e. The molecule has 2 aromatic heterocycles. The van der Waals surface area contributed by atoms with Gasteiger partial charge in [0.25, 0.3) is 5.91 Å². The Kier molecular flexibility index (Phi) is 3.25. The Balaban J connectivity index is 1.89. The molecule has 2 N–H and O–H groups in total. The van der Waals surface area contributed by atoms with Crippen molar-refractivity contribution in [2.75, 3.05) is 5.32 Å². The maximum Gasteiger partial charge on any atom is 0.257 e. The number of fused-ring (bicyclic) bond motifs is 1. The maximum atomic E-state index is 12.1. The number of H-pyrrole nitrogens is 1. The van der Waals surface area contributed by atoms with E-state index in [2.05, 4.69) is 41.3 Å². The number of thiazole rings is 1. The fourth-order valence-corrected chi connectivity index (χ4v) is 3.14. The van der Waals surface area contributed by atoms with E-state index in [0.29, 0.717) is 16.3 Å². The lowest BCUT2D eigenvalue weighted by molar-refractivity contribution is 0.102. The highest BCUT2D eigenvalue weighted by Gasteiger charge is 2.22. The SMILES string of the molecule is CC(C)(C)c1[nH]nc2nc(NC(=O)c3ccccc3)sc12. The van der Waals surface area contributed by atoms with Crippen LogP contribution in [0, 0.1) is 0 Å². The molecule has 0 spiro atoms. The average Bonchev–Trinajstić information content (AvgIpc) is 2.98. The Morgan fingerprint density at radius 1 is 1.24 bits per heavy atom. The van der Waals surface area contributed by atoms with E-state index in [9.17, 15) is 4.79 Å². The number of aromatic nitrogens is 3. The molecule has 0 radical (unpaired) electrons. The van der Waals surface area contributed by atoms with Crippen molar-refractivity contribution in [2.24, 2.45) is 0 Å². The summed E-state index contributed by atoms with van der Waals surface area (Å²) in [5.74, 6) is -0.159. The van der Waals surface area contributed by atoms with Gasteiger partial charge in [0.15, 0.2) is 10.8 Å². The van der Waals surface area contributed by atoms with Crippen LogP contribution in [0.4, 0.5) is 5.13 Å². The molecule has 2 heterocycles. The van der Waals surface area contributed by atoms with E-state index in [-0.39, 0.29) is 11.3 Å². The Morgan fingerprint density at radius 3 is 2.62 bits per heavy atom. The second kappa shape index (κ2) is 4.96. The molecule has 5 nitrogen and oxygen atoms in total. The molecule has 0 aliphatic rings. The van der Waals surface area contributed by atoms with Crippen LogP contribution in [-0.4, -0.2) is 21.1 Å². The van der Waals surface area contributed by atoms with Gasteiger partial charge in [0.2, 0.25) is 0 Å². The first kappa shape index (κ1) is 13.8. The lowest BCUT2D eigenvalue weighted by Crippen LogP contribution is -2.12. The molecular formula is C15H16N4OS. The summed E-state index contributed by atoms with van der Waals surface area (Å²) >= 11 is 1.44. The summed E-state index contributed by atoms with van der Waals surface area (Å²) in [4.78, 5) is 16.5. The fraction of sp³-hybridized carbons (Fsp3) is 0.267. The third-order valence-electron chi connectivity index (χ3n) is 3.12. The Bertz CT molecular complexity index is 783. The molecule has 0 aliphatic carbocycles. The van der Waals surface area contributed by atoms with Gasteiger partial charge in [-0.1, -0.05) is 50.3 Å². The second-order valence-corrected chi connectivity index (χ2v) is 6.84. The third-order valence-corrected chi connectivity index (χ3v) is 4.09. The zero-order chi connectivity index (χ0) is 15.0. The minimum Gasteiger partial charge on any atom is -0.298 e. The number of carbonyl (C=O) groups is 1. The maximum absolute atomic E-state index is 12.1. The van der Waals surface area contributed by atoms with Crippen LogP contribution in [-0.2, 0) is 5.41 Å².